The van der Waals surface area contributed by atoms with E-state index in [9.17, 15) is 40.7 Å². The van der Waals surface area contributed by atoms with Crippen molar-refractivity contribution in [1.82, 2.24) is 14.5 Å². The standard InChI is InChI=1S/C27H30F6N4O6.ClH/c1-14(42-26(40)43-17-5-3-2-4-6-17)41-24(39)23-21-13-36(7-8-37(21)25(35-23)27(31,32)33)22(38)11-16(34)9-15-10-19(29)20(30)12-18(15)28;/h10,12,14,16-17H,2-9,11,13,34H2,1H3;1H/t14?,16-;/m1./s1. The van der Waals surface area contributed by atoms with Gasteiger partial charge in [0.25, 0.3) is 0 Å². The van der Waals surface area contributed by atoms with Crippen LogP contribution in [0.3, 0.4) is 0 Å². The molecule has 1 aliphatic heterocycles. The number of fused-ring (bicyclic) bond motifs is 1. The minimum Gasteiger partial charge on any atom is -0.431 e. The zero-order valence-electron chi connectivity index (χ0n) is 23.5. The van der Waals surface area contributed by atoms with Crippen LogP contribution in [0.15, 0.2) is 12.1 Å². The number of amides is 1. The third-order valence-electron chi connectivity index (χ3n) is 7.16. The lowest BCUT2D eigenvalue weighted by atomic mass is 9.98. The van der Waals surface area contributed by atoms with Crippen LogP contribution >= 0.6 is 12.4 Å². The molecule has 2 aromatic rings. The molecule has 1 fully saturated rings. The maximum atomic E-state index is 14.0. The van der Waals surface area contributed by atoms with Crippen molar-refractivity contribution >= 4 is 30.4 Å². The van der Waals surface area contributed by atoms with Crippen LogP contribution in [0.5, 0.6) is 0 Å². The van der Waals surface area contributed by atoms with Crippen molar-refractivity contribution in [2.24, 2.45) is 5.73 Å². The normalized spacial score (nSPS) is 16.8. The Kier molecular flexibility index (Phi) is 11.5. The molecule has 2 aliphatic rings. The fourth-order valence-electron chi connectivity index (χ4n) is 5.10. The van der Waals surface area contributed by atoms with E-state index in [1.165, 1.54) is 6.92 Å². The van der Waals surface area contributed by atoms with Gasteiger partial charge >= 0.3 is 18.3 Å². The van der Waals surface area contributed by atoms with E-state index in [0.717, 1.165) is 28.7 Å². The first-order chi connectivity index (χ1) is 20.2. The Labute approximate surface area is 254 Å². The van der Waals surface area contributed by atoms with Gasteiger partial charge in [0.05, 0.1) is 12.2 Å². The number of rotatable bonds is 8. The molecule has 2 atom stereocenters. The Bertz CT molecular complexity index is 1370. The molecule has 244 valence electrons. The molecule has 0 saturated heterocycles. The minimum atomic E-state index is -4.94. The quantitative estimate of drug-likeness (QED) is 0.182. The number of halogens is 7. The molecule has 1 saturated carbocycles. The summed E-state index contributed by atoms with van der Waals surface area (Å²) < 4.78 is 97.8. The highest BCUT2D eigenvalue weighted by Gasteiger charge is 2.42. The van der Waals surface area contributed by atoms with E-state index in [4.69, 9.17) is 19.9 Å². The van der Waals surface area contributed by atoms with Crippen molar-refractivity contribution in [2.75, 3.05) is 6.54 Å². The van der Waals surface area contributed by atoms with Gasteiger partial charge in [0, 0.05) is 38.5 Å². The first-order valence-electron chi connectivity index (χ1n) is 13.6. The number of nitrogens with zero attached hydrogens (tertiary/aromatic N) is 3. The van der Waals surface area contributed by atoms with Gasteiger partial charge in [-0.05, 0) is 43.7 Å². The van der Waals surface area contributed by atoms with Crippen molar-refractivity contribution in [2.45, 2.75) is 89.6 Å². The Hall–Kier alpha value is -3.53. The SMILES string of the molecule is CC(OC(=O)OC1CCCCC1)OC(=O)c1nc(C(F)(F)F)n2c1CN(C(=O)C[C@H](N)Cc1cc(F)c(F)cc1F)CC2.Cl. The van der Waals surface area contributed by atoms with Crippen LogP contribution in [0.25, 0.3) is 0 Å². The van der Waals surface area contributed by atoms with Crippen molar-refractivity contribution in [3.63, 3.8) is 0 Å². The van der Waals surface area contributed by atoms with Crippen molar-refractivity contribution in [3.05, 3.63) is 52.4 Å². The third kappa shape index (κ3) is 8.55. The lowest BCUT2D eigenvalue weighted by Crippen LogP contribution is -2.42. The van der Waals surface area contributed by atoms with E-state index in [2.05, 4.69) is 4.98 Å². The lowest BCUT2D eigenvalue weighted by Gasteiger charge is -2.30. The van der Waals surface area contributed by atoms with Gasteiger partial charge < -0.3 is 29.4 Å². The Morgan fingerprint density at radius 1 is 1.02 bits per heavy atom. The number of imidazole rings is 1. The van der Waals surface area contributed by atoms with Crippen LogP contribution in [0.2, 0.25) is 0 Å². The topological polar surface area (TPSA) is 126 Å². The van der Waals surface area contributed by atoms with Crippen LogP contribution in [-0.4, -0.2) is 57.5 Å². The molecule has 1 aromatic carbocycles. The van der Waals surface area contributed by atoms with Gasteiger partial charge in [0.15, 0.2) is 17.3 Å². The van der Waals surface area contributed by atoms with Crippen LogP contribution < -0.4 is 5.73 Å². The van der Waals surface area contributed by atoms with Gasteiger partial charge in [-0.3, -0.25) is 4.79 Å². The van der Waals surface area contributed by atoms with Crippen molar-refractivity contribution < 1.29 is 54.9 Å². The number of hydrogen-bond acceptors (Lipinski definition) is 8. The molecule has 10 nitrogen and oxygen atoms in total. The molecule has 0 spiro atoms. The highest BCUT2D eigenvalue weighted by Crippen LogP contribution is 2.33. The summed E-state index contributed by atoms with van der Waals surface area (Å²) in [4.78, 5) is 42.5. The van der Waals surface area contributed by atoms with Gasteiger partial charge in [-0.25, -0.2) is 27.7 Å². The Balaban J connectivity index is 0.00000529. The number of nitrogens with two attached hydrogens (primary N) is 1. The minimum absolute atomic E-state index is 0. The summed E-state index contributed by atoms with van der Waals surface area (Å²) in [5.74, 6) is -7.07. The van der Waals surface area contributed by atoms with E-state index in [1.807, 2.05) is 0 Å². The molecule has 4 rings (SSSR count). The molecule has 1 amide bonds. The average molecular weight is 657 g/mol. The number of aromatic nitrogens is 2. The van der Waals surface area contributed by atoms with Crippen LogP contribution in [-0.2, 0) is 44.7 Å². The molecule has 2 N–H and O–H groups in total. The summed E-state index contributed by atoms with van der Waals surface area (Å²) in [6.07, 6.45) is -4.53. The summed E-state index contributed by atoms with van der Waals surface area (Å²) in [7, 11) is 0. The summed E-state index contributed by atoms with van der Waals surface area (Å²) in [5, 5.41) is 0. The summed E-state index contributed by atoms with van der Waals surface area (Å²) in [5.41, 5.74) is 4.68. The number of carbonyl (C=O) groups excluding carboxylic acids is 3. The number of alkyl halides is 3. The zero-order valence-corrected chi connectivity index (χ0v) is 24.3. The maximum absolute atomic E-state index is 14.0. The van der Waals surface area contributed by atoms with Crippen molar-refractivity contribution in [1.29, 1.82) is 0 Å². The van der Waals surface area contributed by atoms with Crippen LogP contribution in [0, 0.1) is 17.5 Å². The van der Waals surface area contributed by atoms with Gasteiger partial charge in [-0.2, -0.15) is 13.2 Å². The first-order valence-corrected chi connectivity index (χ1v) is 13.6. The van der Waals surface area contributed by atoms with Gasteiger partial charge in [0.2, 0.25) is 18.0 Å². The molecule has 44 heavy (non-hydrogen) atoms. The molecule has 2 heterocycles. The predicted molar refractivity (Wildman–Crippen MR) is 142 cm³/mol. The highest BCUT2D eigenvalue weighted by molar-refractivity contribution is 5.89. The number of hydrogen-bond donors (Lipinski definition) is 1. The van der Waals surface area contributed by atoms with Gasteiger partial charge in [-0.15, -0.1) is 12.4 Å². The smallest absolute Gasteiger partial charge is 0.431 e. The molecular formula is C27H31ClF6N4O6. The number of carbonyl (C=O) groups is 3. The molecular weight excluding hydrogens is 626 g/mol. The van der Waals surface area contributed by atoms with Gasteiger partial charge in [-0.1, -0.05) is 6.42 Å². The maximum Gasteiger partial charge on any atom is 0.511 e. The van der Waals surface area contributed by atoms with E-state index in [1.54, 1.807) is 0 Å². The summed E-state index contributed by atoms with van der Waals surface area (Å²) in [6.45, 7) is 0.138. The molecule has 0 radical (unpaired) electrons. The number of benzene rings is 1. The second-order valence-electron chi connectivity index (χ2n) is 10.4. The monoisotopic (exact) mass is 656 g/mol. The molecule has 0 bridgehead atoms. The fourth-order valence-corrected chi connectivity index (χ4v) is 5.10. The molecule has 17 heteroatoms. The van der Waals surface area contributed by atoms with Crippen LogP contribution in [0.4, 0.5) is 31.1 Å². The molecule has 1 aliphatic carbocycles. The zero-order chi connectivity index (χ0) is 31.5. The third-order valence-corrected chi connectivity index (χ3v) is 7.16. The number of ether oxygens (including phenoxy) is 3. The summed E-state index contributed by atoms with van der Waals surface area (Å²) >= 11 is 0. The fraction of sp³-hybridized carbons (Fsp3) is 0.556. The van der Waals surface area contributed by atoms with E-state index in [-0.39, 0.29) is 49.3 Å². The van der Waals surface area contributed by atoms with E-state index in [0.29, 0.717) is 25.0 Å². The predicted octanol–water partition coefficient (Wildman–Crippen LogP) is 5.03. The second kappa shape index (κ2) is 14.5. The second-order valence-corrected chi connectivity index (χ2v) is 10.4. The lowest BCUT2D eigenvalue weighted by molar-refractivity contribution is -0.148. The Morgan fingerprint density at radius 2 is 1.68 bits per heavy atom. The first kappa shape index (κ1) is 35.0. The van der Waals surface area contributed by atoms with Crippen molar-refractivity contribution in [3.8, 4) is 0 Å². The van der Waals surface area contributed by atoms with Crippen LogP contribution in [0.1, 0.15) is 73.0 Å². The summed E-state index contributed by atoms with van der Waals surface area (Å²) in [6, 6.07) is -0.0545. The van der Waals surface area contributed by atoms with E-state index < -0.39 is 78.5 Å². The largest absolute Gasteiger partial charge is 0.511 e. The molecule has 1 aromatic heterocycles. The van der Waals surface area contributed by atoms with E-state index >= 15 is 0 Å². The van der Waals surface area contributed by atoms with Gasteiger partial charge in [0.1, 0.15) is 11.9 Å². The molecule has 1 unspecified atom stereocenters. The average Bonchev–Trinajstić information content (AvgIpc) is 3.32. The number of esters is 1. The highest BCUT2D eigenvalue weighted by atomic mass is 35.5. The Morgan fingerprint density at radius 3 is 2.34 bits per heavy atom.